The van der Waals surface area contributed by atoms with E-state index in [0.717, 1.165) is 19.1 Å². The molecule has 0 bridgehead atoms. The molecular formula is C13H20NO4S+. The molecule has 0 saturated carbocycles. The average Bonchev–Trinajstić information content (AvgIpc) is 2.26. The van der Waals surface area contributed by atoms with Crippen LogP contribution in [0, 0.1) is 4.91 Å². The van der Waals surface area contributed by atoms with Gasteiger partial charge in [0, 0.05) is 17.9 Å². The van der Waals surface area contributed by atoms with Crippen molar-refractivity contribution in [3.05, 3.63) is 28.7 Å². The van der Waals surface area contributed by atoms with E-state index in [1.54, 1.807) is 6.07 Å². The Kier molecular flexibility index (Phi) is 4.35. The molecule has 0 aliphatic rings. The lowest BCUT2D eigenvalue weighted by Gasteiger charge is -2.23. The Morgan fingerprint density at radius 3 is 2.32 bits per heavy atom. The van der Waals surface area contributed by atoms with Crippen molar-refractivity contribution >= 4 is 15.5 Å². The van der Waals surface area contributed by atoms with Gasteiger partial charge in [-0.05, 0) is 17.9 Å². The van der Waals surface area contributed by atoms with E-state index in [1.165, 1.54) is 12.1 Å². The summed E-state index contributed by atoms with van der Waals surface area (Å²) in [6.45, 7) is 5.94. The van der Waals surface area contributed by atoms with Crippen LogP contribution in [0.25, 0.3) is 0 Å². The summed E-state index contributed by atoms with van der Waals surface area (Å²) in [5.41, 5.74) is 0.312. The highest BCUT2D eigenvalue weighted by Gasteiger charge is 2.31. The van der Waals surface area contributed by atoms with Crippen LogP contribution in [0.15, 0.2) is 23.1 Å². The van der Waals surface area contributed by atoms with Gasteiger partial charge < -0.3 is 0 Å². The molecule has 5 nitrogen and oxygen atoms in total. The minimum atomic E-state index is -3.41. The summed E-state index contributed by atoms with van der Waals surface area (Å²) in [6, 6.07) is 4.28. The van der Waals surface area contributed by atoms with Gasteiger partial charge >= 0.3 is 5.69 Å². The highest BCUT2D eigenvalue weighted by molar-refractivity contribution is 7.90. The Morgan fingerprint density at radius 2 is 1.89 bits per heavy atom. The lowest BCUT2D eigenvalue weighted by molar-refractivity contribution is -0.730. The van der Waals surface area contributed by atoms with E-state index in [4.69, 9.17) is 0 Å². The second-order valence-electron chi connectivity index (χ2n) is 5.36. The van der Waals surface area contributed by atoms with Crippen molar-refractivity contribution in [1.82, 2.24) is 0 Å². The van der Waals surface area contributed by atoms with Gasteiger partial charge in [0.1, 0.15) is 0 Å². The molecule has 0 atom stereocenters. The molecule has 1 rings (SSSR count). The predicted molar refractivity (Wildman–Crippen MR) is 72.6 cm³/mol. The smallest absolute Gasteiger partial charge is 0.241 e. The van der Waals surface area contributed by atoms with Crippen LogP contribution in [0.5, 0.6) is 0 Å². The molecule has 0 saturated heterocycles. The van der Waals surface area contributed by atoms with Gasteiger partial charge in [0.05, 0.1) is 9.80 Å². The summed E-state index contributed by atoms with van der Waals surface area (Å²) < 4.78 is 23.0. The SMILES string of the molecule is CCCC(C)(C)c1ccc(S(C)(=O)=O)cc1[N+](=O)O. The number of hydrogen-bond donors (Lipinski definition) is 1. The van der Waals surface area contributed by atoms with Crippen molar-refractivity contribution in [2.75, 3.05) is 6.26 Å². The second kappa shape index (κ2) is 5.28. The van der Waals surface area contributed by atoms with Gasteiger partial charge in [-0.25, -0.2) is 13.6 Å². The quantitative estimate of drug-likeness (QED) is 0.844. The van der Waals surface area contributed by atoms with Gasteiger partial charge in [0.2, 0.25) is 0 Å². The summed E-state index contributed by atoms with van der Waals surface area (Å²) in [6.07, 6.45) is 2.81. The van der Waals surface area contributed by atoms with E-state index in [9.17, 15) is 18.5 Å². The molecule has 0 spiro atoms. The van der Waals surface area contributed by atoms with Crippen molar-refractivity contribution in [3.63, 3.8) is 0 Å². The monoisotopic (exact) mass is 286 g/mol. The summed E-state index contributed by atoms with van der Waals surface area (Å²) >= 11 is 0. The summed E-state index contributed by atoms with van der Waals surface area (Å²) in [5.74, 6) is 0. The molecule has 0 aliphatic carbocycles. The maximum absolute atomic E-state index is 11.5. The van der Waals surface area contributed by atoms with Crippen LogP contribution in [0.2, 0.25) is 0 Å². The molecule has 0 fully saturated rings. The van der Waals surface area contributed by atoms with Gasteiger partial charge in [-0.2, -0.15) is 0 Å². The van der Waals surface area contributed by atoms with Gasteiger partial charge in [-0.3, -0.25) is 0 Å². The fourth-order valence-corrected chi connectivity index (χ4v) is 2.87. The van der Waals surface area contributed by atoms with Crippen LogP contribution in [0.3, 0.4) is 0 Å². The molecule has 0 radical (unpaired) electrons. The predicted octanol–water partition coefficient (Wildman–Crippen LogP) is 2.97. The molecule has 6 heteroatoms. The summed E-state index contributed by atoms with van der Waals surface area (Å²) in [4.78, 5) is 11.0. The molecule has 0 amide bonds. The Balaban J connectivity index is 3.47. The first-order valence-corrected chi connectivity index (χ1v) is 7.99. The number of rotatable bonds is 5. The van der Waals surface area contributed by atoms with Crippen molar-refractivity contribution in [3.8, 4) is 0 Å². The van der Waals surface area contributed by atoms with E-state index >= 15 is 0 Å². The van der Waals surface area contributed by atoms with E-state index in [2.05, 4.69) is 0 Å². The minimum absolute atomic E-state index is 0.0126. The third kappa shape index (κ3) is 3.53. The van der Waals surface area contributed by atoms with Gasteiger partial charge in [0.25, 0.3) is 4.92 Å². The zero-order valence-corrected chi connectivity index (χ0v) is 12.5. The van der Waals surface area contributed by atoms with Crippen LogP contribution in [0.4, 0.5) is 5.69 Å². The molecule has 106 valence electrons. The number of nitrogens with zero attached hydrogens (tertiary/aromatic N) is 1. The van der Waals surface area contributed by atoms with Crippen LogP contribution >= 0.6 is 0 Å². The third-order valence-electron chi connectivity index (χ3n) is 3.21. The van der Waals surface area contributed by atoms with Crippen LogP contribution < -0.4 is 0 Å². The Hall–Kier alpha value is -1.43. The Morgan fingerprint density at radius 1 is 1.32 bits per heavy atom. The van der Waals surface area contributed by atoms with Crippen LogP contribution in [-0.2, 0) is 15.3 Å². The highest BCUT2D eigenvalue weighted by Crippen LogP contribution is 2.36. The molecule has 1 aromatic carbocycles. The average molecular weight is 286 g/mol. The van der Waals surface area contributed by atoms with Crippen molar-refractivity contribution < 1.29 is 18.5 Å². The minimum Gasteiger partial charge on any atom is -0.241 e. The van der Waals surface area contributed by atoms with Crippen LogP contribution in [0.1, 0.15) is 39.2 Å². The normalized spacial score (nSPS) is 12.4. The molecule has 1 N–H and O–H groups in total. The van der Waals surface area contributed by atoms with E-state index in [1.807, 2.05) is 20.8 Å². The largest absolute Gasteiger partial charge is 0.321 e. The topological polar surface area (TPSA) is 74.5 Å². The first kappa shape index (κ1) is 15.6. The van der Waals surface area contributed by atoms with Gasteiger partial charge in [-0.1, -0.05) is 33.3 Å². The number of benzene rings is 1. The molecule has 0 aliphatic heterocycles. The van der Waals surface area contributed by atoms with Crippen molar-refractivity contribution in [2.24, 2.45) is 0 Å². The zero-order chi connectivity index (χ0) is 14.8. The molecule has 0 aromatic heterocycles. The fraction of sp³-hybridized carbons (Fsp3) is 0.538. The second-order valence-corrected chi connectivity index (χ2v) is 7.37. The van der Waals surface area contributed by atoms with Gasteiger partial charge in [-0.15, -0.1) is 0 Å². The molecule has 0 unspecified atom stereocenters. The first-order valence-electron chi connectivity index (χ1n) is 6.10. The number of sulfone groups is 1. The standard InChI is InChI=1S/C13H20NO4S/c1-5-8-13(2,3)11-7-6-10(19(4,17)18)9-12(11)14(15)16/h6-7,9H,5,8H2,1-4H3,(H,15,16)/q+1. The number of hydrogen-bond acceptors (Lipinski definition) is 3. The molecule has 1 aromatic rings. The molecule has 0 heterocycles. The van der Waals surface area contributed by atoms with Gasteiger partial charge in [0.15, 0.2) is 9.84 Å². The fourth-order valence-electron chi connectivity index (χ4n) is 2.23. The van der Waals surface area contributed by atoms with Crippen molar-refractivity contribution in [2.45, 2.75) is 43.9 Å². The van der Waals surface area contributed by atoms with E-state index in [-0.39, 0.29) is 20.9 Å². The maximum atomic E-state index is 11.5. The molecular weight excluding hydrogens is 266 g/mol. The lowest BCUT2D eigenvalue weighted by Crippen LogP contribution is -2.19. The Labute approximate surface area is 113 Å². The lowest BCUT2D eigenvalue weighted by atomic mass is 9.80. The molecule has 19 heavy (non-hydrogen) atoms. The third-order valence-corrected chi connectivity index (χ3v) is 4.32. The van der Waals surface area contributed by atoms with Crippen LogP contribution in [-0.4, -0.2) is 24.8 Å². The van der Waals surface area contributed by atoms with E-state index in [0.29, 0.717) is 5.56 Å². The zero-order valence-electron chi connectivity index (χ0n) is 11.7. The Bertz CT molecular complexity index is 591. The maximum Gasteiger partial charge on any atom is 0.321 e. The van der Waals surface area contributed by atoms with E-state index < -0.39 is 9.84 Å². The summed E-state index contributed by atoms with van der Waals surface area (Å²) in [7, 11) is -3.41. The highest BCUT2D eigenvalue weighted by atomic mass is 32.2. The first-order chi connectivity index (χ1) is 8.59. The van der Waals surface area contributed by atoms with Crippen molar-refractivity contribution in [1.29, 1.82) is 0 Å². The summed E-state index contributed by atoms with van der Waals surface area (Å²) in [5, 5.41) is 9.21.